The van der Waals surface area contributed by atoms with E-state index in [1.165, 1.54) is 0 Å². The van der Waals surface area contributed by atoms with Gasteiger partial charge in [-0.1, -0.05) is 23.7 Å². The molecule has 1 amide bonds. The quantitative estimate of drug-likeness (QED) is 0.867. The maximum atomic E-state index is 12.6. The van der Waals surface area contributed by atoms with Crippen molar-refractivity contribution >= 4 is 23.5 Å². The van der Waals surface area contributed by atoms with Crippen molar-refractivity contribution < 1.29 is 9.53 Å². The second-order valence-electron chi connectivity index (χ2n) is 6.74. The third-order valence-electron chi connectivity index (χ3n) is 4.94. The van der Waals surface area contributed by atoms with Gasteiger partial charge in [-0.15, -0.1) is 10.2 Å². The van der Waals surface area contributed by atoms with Crippen molar-refractivity contribution in [2.24, 2.45) is 0 Å². The number of rotatable bonds is 5. The highest BCUT2D eigenvalue weighted by atomic mass is 35.5. The largest absolute Gasteiger partial charge is 0.371 e. The number of halogens is 1. The van der Waals surface area contributed by atoms with Gasteiger partial charge in [0.15, 0.2) is 0 Å². The first kappa shape index (κ1) is 17.3. The Morgan fingerprint density at radius 3 is 2.58 bits per heavy atom. The summed E-state index contributed by atoms with van der Waals surface area (Å²) in [6.45, 7) is 4.67. The third-order valence-corrected chi connectivity index (χ3v) is 5.20. The lowest BCUT2D eigenvalue weighted by Crippen LogP contribution is -2.44. The highest BCUT2D eigenvalue weighted by Gasteiger charge is 2.36. The summed E-state index contributed by atoms with van der Waals surface area (Å²) in [5.74, 6) is 0.872. The van der Waals surface area contributed by atoms with Gasteiger partial charge in [0, 0.05) is 31.2 Å². The summed E-state index contributed by atoms with van der Waals surface area (Å²) in [6.07, 6.45) is 2.71. The second kappa shape index (κ2) is 7.25. The molecular weight excluding hydrogens is 354 g/mol. The van der Waals surface area contributed by atoms with E-state index in [0.29, 0.717) is 23.9 Å². The van der Waals surface area contributed by atoms with E-state index in [9.17, 15) is 4.79 Å². The fourth-order valence-corrected chi connectivity index (χ4v) is 3.76. The average Bonchev–Trinajstić information content (AvgIpc) is 3.23. The number of fused-ring (bicyclic) bond motifs is 2. The van der Waals surface area contributed by atoms with E-state index in [4.69, 9.17) is 16.3 Å². The molecule has 2 aliphatic heterocycles. The minimum absolute atomic E-state index is 0.225. The van der Waals surface area contributed by atoms with Crippen LogP contribution >= 0.6 is 11.6 Å². The van der Waals surface area contributed by atoms with Crippen molar-refractivity contribution in [3.63, 3.8) is 0 Å². The Kier molecular flexibility index (Phi) is 4.82. The molecule has 3 heterocycles. The topological polar surface area (TPSA) is 72.3 Å². The lowest BCUT2D eigenvalue weighted by molar-refractivity contribution is 0.0297. The van der Waals surface area contributed by atoms with E-state index < -0.39 is 0 Å². The molecule has 2 unspecified atom stereocenters. The highest BCUT2D eigenvalue weighted by molar-refractivity contribution is 6.30. The number of hydrogen-bond acceptors (Lipinski definition) is 5. The van der Waals surface area contributed by atoms with Crippen LogP contribution in [-0.4, -0.2) is 46.0 Å². The van der Waals surface area contributed by atoms with Crippen molar-refractivity contribution in [1.29, 1.82) is 0 Å². The summed E-state index contributed by atoms with van der Waals surface area (Å²) in [4.78, 5) is 14.8. The number of carbonyl (C=O) groups excluding carboxylic acids is 1. The van der Waals surface area contributed by atoms with Crippen molar-refractivity contribution in [1.82, 2.24) is 20.1 Å². The van der Waals surface area contributed by atoms with Crippen molar-refractivity contribution in [3.05, 3.63) is 40.7 Å². The van der Waals surface area contributed by atoms with Gasteiger partial charge in [-0.25, -0.2) is 0 Å². The average molecular weight is 376 g/mol. The molecular formula is C18H22ClN5O2. The van der Waals surface area contributed by atoms with Crippen LogP contribution in [-0.2, 0) is 17.8 Å². The maximum Gasteiger partial charge on any atom is 0.289 e. The molecule has 138 valence electrons. The zero-order valence-electron chi connectivity index (χ0n) is 14.7. The molecule has 0 saturated carbocycles. The van der Waals surface area contributed by atoms with Gasteiger partial charge in [0.05, 0.1) is 12.2 Å². The lowest BCUT2D eigenvalue weighted by Gasteiger charge is -2.32. The second-order valence-corrected chi connectivity index (χ2v) is 7.18. The Morgan fingerprint density at radius 1 is 1.23 bits per heavy atom. The first-order chi connectivity index (χ1) is 12.6. The fraction of sp³-hybridized carbons (Fsp3) is 0.500. The normalized spacial score (nSPS) is 21.8. The van der Waals surface area contributed by atoms with Crippen molar-refractivity contribution in [2.75, 3.05) is 18.0 Å². The number of nitrogens with zero attached hydrogens (tertiary/aromatic N) is 4. The zero-order valence-corrected chi connectivity index (χ0v) is 15.4. The van der Waals surface area contributed by atoms with Crippen LogP contribution in [0.2, 0.25) is 5.02 Å². The molecule has 2 atom stereocenters. The van der Waals surface area contributed by atoms with Gasteiger partial charge in [0.2, 0.25) is 11.8 Å². The van der Waals surface area contributed by atoms with Crippen molar-refractivity contribution in [3.8, 4) is 0 Å². The summed E-state index contributed by atoms with van der Waals surface area (Å²) < 4.78 is 7.76. The molecule has 4 rings (SSSR count). The molecule has 7 nitrogen and oxygen atoms in total. The summed E-state index contributed by atoms with van der Waals surface area (Å²) in [5, 5.41) is 12.0. The first-order valence-corrected chi connectivity index (χ1v) is 9.38. The van der Waals surface area contributed by atoms with Gasteiger partial charge in [-0.05, 0) is 37.5 Å². The summed E-state index contributed by atoms with van der Waals surface area (Å²) in [5.41, 5.74) is 0.982. The van der Waals surface area contributed by atoms with Gasteiger partial charge < -0.3 is 15.0 Å². The molecule has 1 N–H and O–H groups in total. The monoisotopic (exact) mass is 375 g/mol. The molecule has 2 saturated heterocycles. The SMILES string of the molecule is CCn1c(C(=O)NCc2ccc(Cl)cc2)nnc1N1CC2CCC(C1)O2. The number of aromatic nitrogens is 3. The zero-order chi connectivity index (χ0) is 18.1. The molecule has 2 aromatic rings. The van der Waals surface area contributed by atoms with Crippen LogP contribution in [0.5, 0.6) is 0 Å². The number of benzene rings is 1. The van der Waals surface area contributed by atoms with E-state index in [-0.39, 0.29) is 18.1 Å². The minimum Gasteiger partial charge on any atom is -0.371 e. The van der Waals surface area contributed by atoms with Gasteiger partial charge in [0.1, 0.15) is 0 Å². The lowest BCUT2D eigenvalue weighted by atomic mass is 10.2. The molecule has 1 aromatic carbocycles. The third kappa shape index (κ3) is 3.41. The van der Waals surface area contributed by atoms with E-state index in [1.54, 1.807) is 0 Å². The number of hydrogen-bond donors (Lipinski definition) is 1. The van der Waals surface area contributed by atoms with Crippen LogP contribution in [0.15, 0.2) is 24.3 Å². The Balaban J connectivity index is 1.47. The molecule has 2 fully saturated rings. The van der Waals surface area contributed by atoms with Crippen LogP contribution < -0.4 is 10.2 Å². The van der Waals surface area contributed by atoms with Crippen LogP contribution in [0.25, 0.3) is 0 Å². The predicted molar refractivity (Wildman–Crippen MR) is 98.4 cm³/mol. The van der Waals surface area contributed by atoms with Gasteiger partial charge in [-0.3, -0.25) is 9.36 Å². The van der Waals surface area contributed by atoms with E-state index in [2.05, 4.69) is 20.4 Å². The summed E-state index contributed by atoms with van der Waals surface area (Å²) in [6, 6.07) is 7.40. The summed E-state index contributed by atoms with van der Waals surface area (Å²) in [7, 11) is 0. The van der Waals surface area contributed by atoms with Crippen LogP contribution in [0.3, 0.4) is 0 Å². The molecule has 2 bridgehead atoms. The Bertz CT molecular complexity index is 779. The smallest absolute Gasteiger partial charge is 0.289 e. The summed E-state index contributed by atoms with van der Waals surface area (Å²) >= 11 is 5.89. The molecule has 0 spiro atoms. The number of anilines is 1. The fourth-order valence-electron chi connectivity index (χ4n) is 3.63. The Labute approximate surface area is 157 Å². The van der Waals surface area contributed by atoms with Crippen LogP contribution in [0.4, 0.5) is 5.95 Å². The molecule has 0 radical (unpaired) electrons. The molecule has 2 aliphatic rings. The molecule has 0 aliphatic carbocycles. The van der Waals surface area contributed by atoms with E-state index in [1.807, 2.05) is 35.8 Å². The van der Waals surface area contributed by atoms with E-state index >= 15 is 0 Å². The Morgan fingerprint density at radius 2 is 1.92 bits per heavy atom. The number of morpholine rings is 1. The molecule has 8 heteroatoms. The Hall–Kier alpha value is -2.12. The highest BCUT2D eigenvalue weighted by Crippen LogP contribution is 2.29. The maximum absolute atomic E-state index is 12.6. The number of carbonyl (C=O) groups is 1. The molecule has 1 aromatic heterocycles. The predicted octanol–water partition coefficient (Wildman–Crippen LogP) is 2.25. The first-order valence-electron chi connectivity index (χ1n) is 9.00. The molecule has 26 heavy (non-hydrogen) atoms. The van der Waals surface area contributed by atoms with Crippen LogP contribution in [0.1, 0.15) is 35.9 Å². The van der Waals surface area contributed by atoms with Gasteiger partial charge >= 0.3 is 0 Å². The number of nitrogens with one attached hydrogen (secondary N) is 1. The number of ether oxygens (including phenoxy) is 1. The standard InChI is InChI=1S/C18H22ClN5O2/c1-2-24-16(17(25)20-9-12-3-5-13(19)6-4-12)21-22-18(24)23-10-14-7-8-15(11-23)26-14/h3-6,14-15H,2,7-11H2,1H3,(H,20,25). The number of amides is 1. The van der Waals surface area contributed by atoms with Crippen molar-refractivity contribution in [2.45, 2.75) is 45.1 Å². The van der Waals surface area contributed by atoms with Crippen LogP contribution in [0, 0.1) is 0 Å². The van der Waals surface area contributed by atoms with Gasteiger partial charge in [0.25, 0.3) is 5.91 Å². The van der Waals surface area contributed by atoms with Gasteiger partial charge in [-0.2, -0.15) is 0 Å². The minimum atomic E-state index is -0.225. The van der Waals surface area contributed by atoms with E-state index in [0.717, 1.165) is 37.4 Å².